The molecular formula is C20H18ClNO4. The number of carbonyl (C=O) groups excluding carboxylic acids is 3. The van der Waals surface area contributed by atoms with Crippen molar-refractivity contribution in [2.24, 2.45) is 0 Å². The van der Waals surface area contributed by atoms with Crippen molar-refractivity contribution in [3.05, 3.63) is 70.8 Å². The zero-order chi connectivity index (χ0) is 19.1. The van der Waals surface area contributed by atoms with E-state index in [-0.39, 0.29) is 5.78 Å². The average molecular weight is 372 g/mol. The molecule has 1 N–H and O–H groups in total. The maximum absolute atomic E-state index is 12.1. The molecule has 0 heterocycles. The number of esters is 1. The second-order valence-electron chi connectivity index (χ2n) is 5.59. The lowest BCUT2D eigenvalue weighted by Gasteiger charge is -2.12. The Morgan fingerprint density at radius 1 is 1.12 bits per heavy atom. The summed E-state index contributed by atoms with van der Waals surface area (Å²) >= 11 is 5.87. The first kappa shape index (κ1) is 19.4. The molecule has 0 aromatic heterocycles. The summed E-state index contributed by atoms with van der Waals surface area (Å²) in [4.78, 5) is 35.4. The highest BCUT2D eigenvalue weighted by Crippen LogP contribution is 2.13. The molecule has 0 aliphatic rings. The van der Waals surface area contributed by atoms with E-state index in [1.54, 1.807) is 54.6 Å². The fourth-order valence-corrected chi connectivity index (χ4v) is 2.30. The molecule has 2 aromatic carbocycles. The molecule has 0 saturated carbocycles. The van der Waals surface area contributed by atoms with E-state index in [1.807, 2.05) is 0 Å². The van der Waals surface area contributed by atoms with E-state index < -0.39 is 18.0 Å². The molecule has 0 radical (unpaired) electrons. The van der Waals surface area contributed by atoms with Gasteiger partial charge in [0.15, 0.2) is 11.9 Å². The summed E-state index contributed by atoms with van der Waals surface area (Å²) in [6.45, 7) is 2.91. The maximum Gasteiger partial charge on any atom is 0.331 e. The molecule has 0 aliphatic heterocycles. The quantitative estimate of drug-likeness (QED) is 0.471. The molecule has 1 atom stereocenters. The van der Waals surface area contributed by atoms with Crippen molar-refractivity contribution in [3.63, 3.8) is 0 Å². The second kappa shape index (κ2) is 8.97. The monoisotopic (exact) mass is 371 g/mol. The van der Waals surface area contributed by atoms with E-state index in [1.165, 1.54) is 19.9 Å². The largest absolute Gasteiger partial charge is 0.449 e. The van der Waals surface area contributed by atoms with Crippen LogP contribution in [0.2, 0.25) is 5.02 Å². The number of hydrogen-bond acceptors (Lipinski definition) is 4. The van der Waals surface area contributed by atoms with Crippen LogP contribution >= 0.6 is 11.6 Å². The van der Waals surface area contributed by atoms with Gasteiger partial charge in [-0.1, -0.05) is 35.9 Å². The highest BCUT2D eigenvalue weighted by atomic mass is 35.5. The van der Waals surface area contributed by atoms with Gasteiger partial charge in [-0.2, -0.15) is 0 Å². The molecule has 0 spiro atoms. The highest BCUT2D eigenvalue weighted by Gasteiger charge is 2.17. The van der Waals surface area contributed by atoms with Crippen LogP contribution in [0.3, 0.4) is 0 Å². The predicted molar refractivity (Wildman–Crippen MR) is 101 cm³/mol. The number of benzene rings is 2. The van der Waals surface area contributed by atoms with Crippen LogP contribution in [-0.4, -0.2) is 23.8 Å². The minimum absolute atomic E-state index is 0.105. The summed E-state index contributed by atoms with van der Waals surface area (Å²) in [5.41, 5.74) is 1.68. The third-order valence-electron chi connectivity index (χ3n) is 3.46. The number of rotatable bonds is 6. The average Bonchev–Trinajstić information content (AvgIpc) is 2.60. The van der Waals surface area contributed by atoms with Gasteiger partial charge in [0.05, 0.1) is 0 Å². The Morgan fingerprint density at radius 3 is 2.54 bits per heavy atom. The Bertz CT molecular complexity index is 860. The van der Waals surface area contributed by atoms with Crippen LogP contribution in [0, 0.1) is 0 Å². The number of carbonyl (C=O) groups is 3. The molecule has 134 valence electrons. The van der Waals surface area contributed by atoms with Crippen LogP contribution < -0.4 is 5.32 Å². The lowest BCUT2D eigenvalue weighted by Crippen LogP contribution is -2.29. The molecule has 1 amide bonds. The van der Waals surface area contributed by atoms with Crippen LogP contribution in [0.15, 0.2) is 54.6 Å². The van der Waals surface area contributed by atoms with Gasteiger partial charge in [0.25, 0.3) is 5.91 Å². The number of nitrogens with one attached hydrogen (secondary N) is 1. The van der Waals surface area contributed by atoms with Crippen LogP contribution in [0.1, 0.15) is 29.8 Å². The van der Waals surface area contributed by atoms with Crippen LogP contribution in [0.4, 0.5) is 5.69 Å². The van der Waals surface area contributed by atoms with Gasteiger partial charge >= 0.3 is 5.97 Å². The van der Waals surface area contributed by atoms with Gasteiger partial charge in [-0.3, -0.25) is 9.59 Å². The van der Waals surface area contributed by atoms with Crippen LogP contribution in [0.5, 0.6) is 0 Å². The molecule has 0 saturated heterocycles. The molecule has 0 fully saturated rings. The Balaban J connectivity index is 1.93. The van der Waals surface area contributed by atoms with E-state index >= 15 is 0 Å². The summed E-state index contributed by atoms with van der Waals surface area (Å²) in [6.07, 6.45) is 1.79. The first-order chi connectivity index (χ1) is 12.3. The van der Waals surface area contributed by atoms with Gasteiger partial charge in [0, 0.05) is 22.3 Å². The van der Waals surface area contributed by atoms with Gasteiger partial charge in [-0.15, -0.1) is 0 Å². The number of Topliss-reactive ketones (excluding diaryl/α,β-unsaturated/α-hetero) is 1. The molecule has 0 bridgehead atoms. The predicted octanol–water partition coefficient (Wildman–Crippen LogP) is 4.13. The Hall–Kier alpha value is -2.92. The number of hydrogen-bond donors (Lipinski definition) is 1. The summed E-state index contributed by atoms with van der Waals surface area (Å²) < 4.78 is 5.08. The van der Waals surface area contributed by atoms with Crippen molar-refractivity contribution < 1.29 is 19.1 Å². The smallest absolute Gasteiger partial charge is 0.331 e. The van der Waals surface area contributed by atoms with Crippen molar-refractivity contribution in [2.45, 2.75) is 20.0 Å². The minimum atomic E-state index is -0.993. The highest BCUT2D eigenvalue weighted by molar-refractivity contribution is 6.30. The first-order valence-corrected chi connectivity index (χ1v) is 8.29. The molecule has 26 heavy (non-hydrogen) atoms. The molecule has 2 rings (SSSR count). The summed E-state index contributed by atoms with van der Waals surface area (Å²) in [5.74, 6) is -1.24. The van der Waals surface area contributed by atoms with E-state index in [4.69, 9.17) is 16.3 Å². The Labute approximate surface area is 156 Å². The number of amides is 1. The zero-order valence-electron chi connectivity index (χ0n) is 14.4. The summed E-state index contributed by atoms with van der Waals surface area (Å²) in [5, 5.41) is 3.17. The van der Waals surface area contributed by atoms with Crippen molar-refractivity contribution in [2.75, 3.05) is 5.32 Å². The molecule has 0 unspecified atom stereocenters. The molecule has 5 nitrogen and oxygen atoms in total. The molecular weight excluding hydrogens is 354 g/mol. The fourth-order valence-electron chi connectivity index (χ4n) is 2.10. The maximum atomic E-state index is 12.1. The number of anilines is 1. The number of ketones is 1. The second-order valence-corrected chi connectivity index (χ2v) is 6.03. The van der Waals surface area contributed by atoms with E-state index in [2.05, 4.69) is 5.32 Å². The zero-order valence-corrected chi connectivity index (χ0v) is 15.1. The van der Waals surface area contributed by atoms with Gasteiger partial charge in [-0.05, 0) is 49.8 Å². The van der Waals surface area contributed by atoms with Crippen LogP contribution in [0.25, 0.3) is 6.08 Å². The lowest BCUT2D eigenvalue weighted by molar-refractivity contribution is -0.148. The fraction of sp³-hybridized carbons (Fsp3) is 0.150. The normalized spacial score (nSPS) is 11.8. The molecule has 0 aliphatic carbocycles. The third kappa shape index (κ3) is 5.86. The summed E-state index contributed by atoms with van der Waals surface area (Å²) in [7, 11) is 0. The minimum Gasteiger partial charge on any atom is -0.449 e. The van der Waals surface area contributed by atoms with Crippen molar-refractivity contribution >= 4 is 41.0 Å². The van der Waals surface area contributed by atoms with Gasteiger partial charge < -0.3 is 10.1 Å². The van der Waals surface area contributed by atoms with Gasteiger partial charge in [-0.25, -0.2) is 4.79 Å². The third-order valence-corrected chi connectivity index (χ3v) is 3.69. The lowest BCUT2D eigenvalue weighted by atomic mass is 10.1. The Kier molecular flexibility index (Phi) is 6.69. The van der Waals surface area contributed by atoms with E-state index in [9.17, 15) is 14.4 Å². The van der Waals surface area contributed by atoms with Gasteiger partial charge in [0.1, 0.15) is 0 Å². The van der Waals surface area contributed by atoms with E-state index in [0.29, 0.717) is 16.3 Å². The Morgan fingerprint density at radius 2 is 1.85 bits per heavy atom. The van der Waals surface area contributed by atoms with Crippen LogP contribution in [-0.2, 0) is 14.3 Å². The number of halogens is 1. The van der Waals surface area contributed by atoms with Crippen molar-refractivity contribution in [1.82, 2.24) is 0 Å². The first-order valence-electron chi connectivity index (χ1n) is 7.91. The molecule has 2 aromatic rings. The van der Waals surface area contributed by atoms with Gasteiger partial charge in [0.2, 0.25) is 0 Å². The summed E-state index contributed by atoms with van der Waals surface area (Å²) in [6, 6.07) is 13.5. The number of ether oxygens (including phenoxy) is 1. The molecule has 6 heteroatoms. The van der Waals surface area contributed by atoms with Crippen molar-refractivity contribution in [1.29, 1.82) is 0 Å². The topological polar surface area (TPSA) is 72.5 Å². The van der Waals surface area contributed by atoms with Crippen molar-refractivity contribution in [3.8, 4) is 0 Å². The standard InChI is InChI=1S/C20H18ClNO4/c1-13(23)16-6-4-8-18(12-16)22-20(25)14(2)26-19(24)10-9-15-5-3-7-17(21)11-15/h3-12,14H,1-2H3,(H,22,25)/b10-9+/t14-/m0/s1. The SMILES string of the molecule is CC(=O)c1cccc(NC(=O)[C@H](C)OC(=O)/C=C/c2cccc(Cl)c2)c1. The van der Waals surface area contributed by atoms with E-state index in [0.717, 1.165) is 5.56 Å².